The van der Waals surface area contributed by atoms with Crippen molar-refractivity contribution in [3.05, 3.63) is 24.2 Å². The lowest BCUT2D eigenvalue weighted by Gasteiger charge is -1.87. The van der Waals surface area contributed by atoms with Crippen LogP contribution in [-0.4, -0.2) is 19.7 Å². The molecular formula is C8H10N4. The Morgan fingerprint density at radius 2 is 2.33 bits per heavy atom. The van der Waals surface area contributed by atoms with E-state index in [-0.39, 0.29) is 0 Å². The van der Waals surface area contributed by atoms with E-state index in [1.54, 1.807) is 10.9 Å². The Morgan fingerprint density at radius 1 is 1.50 bits per heavy atom. The van der Waals surface area contributed by atoms with Gasteiger partial charge in [0.1, 0.15) is 5.69 Å². The summed E-state index contributed by atoms with van der Waals surface area (Å²) in [5, 5.41) is 4.22. The third-order valence-corrected chi connectivity index (χ3v) is 1.66. The molecule has 0 saturated carbocycles. The van der Waals surface area contributed by atoms with E-state index in [0.29, 0.717) is 0 Å². The zero-order valence-electron chi connectivity index (χ0n) is 7.07. The van der Waals surface area contributed by atoms with Gasteiger partial charge in [0.05, 0.1) is 0 Å². The highest BCUT2D eigenvalue weighted by atomic mass is 15.3. The van der Waals surface area contributed by atoms with Gasteiger partial charge in [0, 0.05) is 25.1 Å². The number of aromatic amines is 1. The van der Waals surface area contributed by atoms with Gasteiger partial charge in [-0.15, -0.1) is 0 Å². The molecule has 0 aromatic carbocycles. The lowest BCUT2D eigenvalue weighted by atomic mass is 10.4. The van der Waals surface area contributed by atoms with Gasteiger partial charge >= 0.3 is 0 Å². The second-order valence-electron chi connectivity index (χ2n) is 2.79. The minimum atomic E-state index is 0.827. The van der Waals surface area contributed by atoms with Crippen LogP contribution >= 0.6 is 0 Å². The molecule has 0 amide bonds. The molecule has 4 heteroatoms. The van der Waals surface area contributed by atoms with Gasteiger partial charge in [-0.1, -0.05) is 0 Å². The van der Waals surface area contributed by atoms with E-state index in [1.165, 1.54) is 0 Å². The van der Waals surface area contributed by atoms with Crippen LogP contribution in [0, 0.1) is 6.92 Å². The molecule has 62 valence electrons. The van der Waals surface area contributed by atoms with Crippen LogP contribution in [0.15, 0.2) is 18.5 Å². The van der Waals surface area contributed by atoms with E-state index in [1.807, 2.05) is 26.2 Å². The molecule has 0 bridgehead atoms. The molecule has 0 unspecified atom stereocenters. The average molecular weight is 162 g/mol. The predicted molar refractivity (Wildman–Crippen MR) is 45.5 cm³/mol. The molecule has 2 heterocycles. The first kappa shape index (κ1) is 7.09. The molecule has 1 N–H and O–H groups in total. The molecule has 2 aromatic rings. The Balaban J connectivity index is 2.43. The zero-order chi connectivity index (χ0) is 8.55. The molecule has 4 nitrogen and oxygen atoms in total. The van der Waals surface area contributed by atoms with E-state index >= 15 is 0 Å². The third-order valence-electron chi connectivity index (χ3n) is 1.66. The van der Waals surface area contributed by atoms with Gasteiger partial charge in [-0.3, -0.25) is 4.68 Å². The molecule has 0 aliphatic heterocycles. The van der Waals surface area contributed by atoms with Gasteiger partial charge in [-0.2, -0.15) is 5.10 Å². The second-order valence-corrected chi connectivity index (χ2v) is 2.79. The number of hydrogen-bond acceptors (Lipinski definition) is 2. The summed E-state index contributed by atoms with van der Waals surface area (Å²) >= 11 is 0. The van der Waals surface area contributed by atoms with Gasteiger partial charge < -0.3 is 4.98 Å². The summed E-state index contributed by atoms with van der Waals surface area (Å²) in [4.78, 5) is 7.29. The number of imidazole rings is 1. The largest absolute Gasteiger partial charge is 0.341 e. The van der Waals surface area contributed by atoms with Crippen LogP contribution in [0.5, 0.6) is 0 Å². The summed E-state index contributed by atoms with van der Waals surface area (Å²) in [6.45, 7) is 1.97. The molecule has 0 atom stereocenters. The van der Waals surface area contributed by atoms with Crippen LogP contribution in [0.3, 0.4) is 0 Å². The highest BCUT2D eigenvalue weighted by Gasteiger charge is 2.03. The standard InChI is InChI=1S/C8H10N4/c1-6-5-9-8(10-6)7-3-4-12(2)11-7/h3-5H,1-2H3,(H,9,10). The maximum absolute atomic E-state index is 4.22. The summed E-state index contributed by atoms with van der Waals surface area (Å²) in [6.07, 6.45) is 3.69. The van der Waals surface area contributed by atoms with Crippen LogP contribution in [0.1, 0.15) is 5.69 Å². The summed E-state index contributed by atoms with van der Waals surface area (Å²) in [5.74, 6) is 0.827. The molecule has 12 heavy (non-hydrogen) atoms. The molecule has 0 saturated heterocycles. The van der Waals surface area contributed by atoms with E-state index in [4.69, 9.17) is 0 Å². The number of rotatable bonds is 1. The summed E-state index contributed by atoms with van der Waals surface area (Å²) < 4.78 is 1.76. The van der Waals surface area contributed by atoms with Crippen molar-refractivity contribution in [2.45, 2.75) is 6.92 Å². The number of nitrogens with one attached hydrogen (secondary N) is 1. The number of nitrogens with zero attached hydrogens (tertiary/aromatic N) is 3. The first-order chi connectivity index (χ1) is 5.75. The normalized spacial score (nSPS) is 10.5. The molecule has 2 aromatic heterocycles. The molecule has 0 aliphatic carbocycles. The van der Waals surface area contributed by atoms with Crippen molar-refractivity contribution in [2.24, 2.45) is 7.05 Å². The van der Waals surface area contributed by atoms with Crippen LogP contribution in [-0.2, 0) is 7.05 Å². The van der Waals surface area contributed by atoms with E-state index in [0.717, 1.165) is 17.2 Å². The quantitative estimate of drug-likeness (QED) is 0.683. The maximum atomic E-state index is 4.22. The van der Waals surface area contributed by atoms with Crippen molar-refractivity contribution >= 4 is 0 Å². The monoisotopic (exact) mass is 162 g/mol. The van der Waals surface area contributed by atoms with Crippen molar-refractivity contribution in [1.82, 2.24) is 19.7 Å². The van der Waals surface area contributed by atoms with Crippen molar-refractivity contribution in [3.63, 3.8) is 0 Å². The lowest BCUT2D eigenvalue weighted by Crippen LogP contribution is -1.88. The number of H-pyrrole nitrogens is 1. The SMILES string of the molecule is Cc1cnc(-c2ccn(C)n2)[nH]1. The fraction of sp³-hybridized carbons (Fsp3) is 0.250. The Labute approximate surface area is 70.3 Å². The Bertz CT molecular complexity index is 347. The smallest absolute Gasteiger partial charge is 0.158 e. The minimum absolute atomic E-state index is 0.827. The first-order valence-electron chi connectivity index (χ1n) is 3.77. The topological polar surface area (TPSA) is 46.5 Å². The molecule has 2 rings (SSSR count). The summed E-state index contributed by atoms with van der Waals surface area (Å²) in [5.41, 5.74) is 1.93. The summed E-state index contributed by atoms with van der Waals surface area (Å²) in [7, 11) is 1.89. The van der Waals surface area contributed by atoms with Gasteiger partial charge in [0.2, 0.25) is 0 Å². The van der Waals surface area contributed by atoms with Crippen molar-refractivity contribution < 1.29 is 0 Å². The fourth-order valence-electron chi connectivity index (χ4n) is 1.08. The van der Waals surface area contributed by atoms with Crippen molar-refractivity contribution in [3.8, 4) is 11.5 Å². The lowest BCUT2D eigenvalue weighted by molar-refractivity contribution is 0.769. The number of aromatic nitrogens is 4. The fourth-order valence-corrected chi connectivity index (χ4v) is 1.08. The molecule has 0 fully saturated rings. The molecule has 0 spiro atoms. The van der Waals surface area contributed by atoms with Crippen molar-refractivity contribution in [1.29, 1.82) is 0 Å². The van der Waals surface area contributed by atoms with Crippen LogP contribution in [0.2, 0.25) is 0 Å². The maximum Gasteiger partial charge on any atom is 0.158 e. The Hall–Kier alpha value is -1.58. The van der Waals surface area contributed by atoms with Crippen molar-refractivity contribution in [2.75, 3.05) is 0 Å². The number of hydrogen-bond donors (Lipinski definition) is 1. The predicted octanol–water partition coefficient (Wildman–Crippen LogP) is 1.12. The highest BCUT2D eigenvalue weighted by Crippen LogP contribution is 2.11. The van der Waals surface area contributed by atoms with E-state index in [2.05, 4.69) is 15.1 Å². The van der Waals surface area contributed by atoms with Crippen LogP contribution in [0.25, 0.3) is 11.5 Å². The molecular weight excluding hydrogens is 152 g/mol. The third kappa shape index (κ3) is 1.11. The number of aryl methyl sites for hydroxylation is 2. The van der Waals surface area contributed by atoms with E-state index in [9.17, 15) is 0 Å². The van der Waals surface area contributed by atoms with Crippen LogP contribution in [0.4, 0.5) is 0 Å². The van der Waals surface area contributed by atoms with Gasteiger partial charge in [-0.25, -0.2) is 4.98 Å². The highest BCUT2D eigenvalue weighted by molar-refractivity contribution is 5.48. The summed E-state index contributed by atoms with van der Waals surface area (Å²) in [6, 6.07) is 1.93. The zero-order valence-corrected chi connectivity index (χ0v) is 7.07. The van der Waals surface area contributed by atoms with Crippen LogP contribution < -0.4 is 0 Å². The Morgan fingerprint density at radius 3 is 2.83 bits per heavy atom. The van der Waals surface area contributed by atoms with Gasteiger partial charge in [0.15, 0.2) is 5.82 Å². The van der Waals surface area contributed by atoms with Gasteiger partial charge in [0.25, 0.3) is 0 Å². The van der Waals surface area contributed by atoms with E-state index < -0.39 is 0 Å². The minimum Gasteiger partial charge on any atom is -0.341 e. The molecule has 0 radical (unpaired) electrons. The first-order valence-corrected chi connectivity index (χ1v) is 3.77. The van der Waals surface area contributed by atoms with Gasteiger partial charge in [-0.05, 0) is 13.0 Å². The Kier molecular flexibility index (Phi) is 1.46. The molecule has 0 aliphatic rings. The second kappa shape index (κ2) is 2.48. The average Bonchev–Trinajstić information content (AvgIpc) is 2.58.